The zero-order valence-electron chi connectivity index (χ0n) is 17.6. The van der Waals surface area contributed by atoms with Crippen molar-refractivity contribution >= 4 is 5.57 Å². The first kappa shape index (κ1) is 17.6. The molecule has 6 rings (SSSR count). The van der Waals surface area contributed by atoms with Gasteiger partial charge in [-0.2, -0.15) is 0 Å². The SMILES string of the molecule is Cc1ccccc1C1=CC2=C(CC1)Oc1ccc3c(c1O2)-c1ccccc1C3(C)C. The van der Waals surface area contributed by atoms with Crippen molar-refractivity contribution in [3.8, 4) is 22.6 Å². The maximum absolute atomic E-state index is 6.60. The lowest BCUT2D eigenvalue weighted by Gasteiger charge is -2.29. The van der Waals surface area contributed by atoms with Crippen LogP contribution in [0.1, 0.15) is 48.9 Å². The Morgan fingerprint density at radius 3 is 2.37 bits per heavy atom. The van der Waals surface area contributed by atoms with E-state index < -0.39 is 0 Å². The number of allylic oxidation sites excluding steroid dienone is 3. The Morgan fingerprint density at radius 1 is 0.767 bits per heavy atom. The van der Waals surface area contributed by atoms with Crippen LogP contribution in [-0.2, 0) is 5.41 Å². The first-order valence-electron chi connectivity index (χ1n) is 10.7. The highest BCUT2D eigenvalue weighted by molar-refractivity contribution is 5.87. The molecule has 0 radical (unpaired) electrons. The zero-order chi connectivity index (χ0) is 20.5. The predicted molar refractivity (Wildman–Crippen MR) is 121 cm³/mol. The van der Waals surface area contributed by atoms with E-state index in [-0.39, 0.29) is 5.41 Å². The maximum atomic E-state index is 6.60. The van der Waals surface area contributed by atoms with Crippen LogP contribution >= 0.6 is 0 Å². The van der Waals surface area contributed by atoms with Gasteiger partial charge in [0, 0.05) is 17.4 Å². The molecule has 0 amide bonds. The molecule has 0 saturated carbocycles. The molecule has 2 aliphatic carbocycles. The molecule has 0 atom stereocenters. The van der Waals surface area contributed by atoms with Gasteiger partial charge >= 0.3 is 0 Å². The van der Waals surface area contributed by atoms with Gasteiger partial charge in [-0.1, -0.05) is 68.4 Å². The number of hydrogen-bond acceptors (Lipinski definition) is 2. The molecule has 2 heteroatoms. The monoisotopic (exact) mass is 392 g/mol. The molecule has 1 aliphatic heterocycles. The Morgan fingerprint density at radius 2 is 1.53 bits per heavy atom. The van der Waals surface area contributed by atoms with Gasteiger partial charge in [-0.05, 0) is 58.9 Å². The van der Waals surface area contributed by atoms with Crippen LogP contribution in [-0.4, -0.2) is 0 Å². The number of fused-ring (bicyclic) bond motifs is 5. The van der Waals surface area contributed by atoms with Crippen LogP contribution in [0.2, 0.25) is 0 Å². The minimum Gasteiger partial charge on any atom is -0.454 e. The second-order valence-corrected chi connectivity index (χ2v) is 8.96. The standard InChI is InChI=1S/C28H24O2/c1-17-8-4-5-9-19(17)18-12-14-23-25(16-18)30-27-24(29-23)15-13-22-26(27)20-10-6-7-11-21(20)28(22,2)3/h4-11,13,15-16H,12,14H2,1-3H3. The molecule has 1 heterocycles. The van der Waals surface area contributed by atoms with Gasteiger partial charge in [-0.15, -0.1) is 0 Å². The highest BCUT2D eigenvalue weighted by atomic mass is 16.6. The molecule has 30 heavy (non-hydrogen) atoms. The fourth-order valence-electron chi connectivity index (χ4n) is 5.18. The minimum atomic E-state index is -0.0479. The lowest BCUT2D eigenvalue weighted by molar-refractivity contribution is 0.291. The fourth-order valence-corrected chi connectivity index (χ4v) is 5.18. The van der Waals surface area contributed by atoms with Gasteiger partial charge in [-0.3, -0.25) is 0 Å². The lowest BCUT2D eigenvalue weighted by Crippen LogP contribution is -2.17. The number of benzene rings is 3. The van der Waals surface area contributed by atoms with Crippen molar-refractivity contribution in [2.75, 3.05) is 0 Å². The summed E-state index contributed by atoms with van der Waals surface area (Å²) in [6.45, 7) is 6.74. The van der Waals surface area contributed by atoms with E-state index in [1.807, 2.05) is 0 Å². The summed E-state index contributed by atoms with van der Waals surface area (Å²) >= 11 is 0. The van der Waals surface area contributed by atoms with E-state index in [0.29, 0.717) is 0 Å². The lowest BCUT2D eigenvalue weighted by atomic mass is 9.82. The number of ether oxygens (including phenoxy) is 2. The van der Waals surface area contributed by atoms with Crippen LogP contribution in [0.15, 0.2) is 78.3 Å². The molecule has 3 aliphatic rings. The highest BCUT2D eigenvalue weighted by Crippen LogP contribution is 2.56. The van der Waals surface area contributed by atoms with E-state index in [4.69, 9.17) is 9.47 Å². The van der Waals surface area contributed by atoms with Gasteiger partial charge in [0.2, 0.25) is 0 Å². The fraction of sp³-hybridized carbons (Fsp3) is 0.214. The smallest absolute Gasteiger partial charge is 0.178 e. The van der Waals surface area contributed by atoms with Crippen LogP contribution < -0.4 is 9.47 Å². The van der Waals surface area contributed by atoms with Crippen LogP contribution in [0.5, 0.6) is 11.5 Å². The third-order valence-electron chi connectivity index (χ3n) is 6.80. The van der Waals surface area contributed by atoms with Crippen LogP contribution in [0, 0.1) is 6.92 Å². The minimum absolute atomic E-state index is 0.0479. The molecule has 3 aromatic rings. The maximum Gasteiger partial charge on any atom is 0.178 e. The highest BCUT2D eigenvalue weighted by Gasteiger charge is 2.39. The summed E-state index contributed by atoms with van der Waals surface area (Å²) in [6, 6.07) is 21.5. The number of hydrogen-bond donors (Lipinski definition) is 0. The first-order valence-corrected chi connectivity index (χ1v) is 10.7. The second kappa shape index (κ2) is 6.12. The first-order chi connectivity index (χ1) is 14.5. The third kappa shape index (κ3) is 2.37. The summed E-state index contributed by atoms with van der Waals surface area (Å²) in [7, 11) is 0. The summed E-state index contributed by atoms with van der Waals surface area (Å²) in [5, 5.41) is 0. The van der Waals surface area contributed by atoms with E-state index in [9.17, 15) is 0 Å². The molecule has 0 aromatic heterocycles. The Labute approximate surface area is 177 Å². The third-order valence-corrected chi connectivity index (χ3v) is 6.80. The summed E-state index contributed by atoms with van der Waals surface area (Å²) < 4.78 is 13.0. The Bertz CT molecular complexity index is 1270. The Balaban J connectivity index is 1.48. The van der Waals surface area contributed by atoms with Gasteiger partial charge in [0.05, 0.1) is 0 Å². The largest absolute Gasteiger partial charge is 0.454 e. The van der Waals surface area contributed by atoms with Gasteiger partial charge < -0.3 is 9.47 Å². The molecular formula is C28H24O2. The summed E-state index contributed by atoms with van der Waals surface area (Å²) in [4.78, 5) is 0. The van der Waals surface area contributed by atoms with E-state index in [0.717, 1.165) is 35.9 Å². The van der Waals surface area contributed by atoms with Gasteiger partial charge in [0.15, 0.2) is 17.3 Å². The molecular weight excluding hydrogens is 368 g/mol. The zero-order valence-corrected chi connectivity index (χ0v) is 17.6. The summed E-state index contributed by atoms with van der Waals surface area (Å²) in [5.74, 6) is 3.47. The predicted octanol–water partition coefficient (Wildman–Crippen LogP) is 7.16. The summed E-state index contributed by atoms with van der Waals surface area (Å²) in [6.07, 6.45) is 3.99. The Kier molecular flexibility index (Phi) is 3.59. The van der Waals surface area contributed by atoms with Crippen LogP contribution in [0.3, 0.4) is 0 Å². The molecule has 0 spiro atoms. The van der Waals surface area contributed by atoms with E-state index >= 15 is 0 Å². The van der Waals surface area contributed by atoms with E-state index in [2.05, 4.69) is 87.5 Å². The van der Waals surface area contributed by atoms with E-state index in [1.165, 1.54) is 39.0 Å². The molecule has 148 valence electrons. The molecule has 0 fully saturated rings. The van der Waals surface area contributed by atoms with Crippen LogP contribution in [0.25, 0.3) is 16.7 Å². The average Bonchev–Trinajstić information content (AvgIpc) is 3.00. The van der Waals surface area contributed by atoms with Crippen molar-refractivity contribution in [3.63, 3.8) is 0 Å². The molecule has 2 nitrogen and oxygen atoms in total. The molecule has 0 unspecified atom stereocenters. The van der Waals surface area contributed by atoms with E-state index in [1.54, 1.807) is 0 Å². The van der Waals surface area contributed by atoms with Gasteiger partial charge in [0.25, 0.3) is 0 Å². The topological polar surface area (TPSA) is 18.5 Å². The molecule has 3 aromatic carbocycles. The number of aryl methyl sites for hydroxylation is 1. The number of rotatable bonds is 1. The Hall–Kier alpha value is -3.26. The quantitative estimate of drug-likeness (QED) is 0.437. The van der Waals surface area contributed by atoms with Gasteiger partial charge in [0.1, 0.15) is 5.76 Å². The van der Waals surface area contributed by atoms with Crippen molar-refractivity contribution in [2.45, 2.75) is 39.0 Å². The van der Waals surface area contributed by atoms with Gasteiger partial charge in [-0.25, -0.2) is 0 Å². The van der Waals surface area contributed by atoms with Crippen molar-refractivity contribution in [3.05, 3.63) is 101 Å². The molecule has 0 N–H and O–H groups in total. The van der Waals surface area contributed by atoms with Crippen molar-refractivity contribution in [2.24, 2.45) is 0 Å². The van der Waals surface area contributed by atoms with Crippen LogP contribution in [0.4, 0.5) is 0 Å². The average molecular weight is 392 g/mol. The molecule has 0 saturated heterocycles. The summed E-state index contributed by atoms with van der Waals surface area (Å²) in [5.41, 5.74) is 8.92. The van der Waals surface area contributed by atoms with Crippen molar-refractivity contribution in [1.82, 2.24) is 0 Å². The normalized spacial score (nSPS) is 17.8. The molecule has 0 bridgehead atoms. The van der Waals surface area contributed by atoms with Crippen molar-refractivity contribution in [1.29, 1.82) is 0 Å². The second-order valence-electron chi connectivity index (χ2n) is 8.96. The van der Waals surface area contributed by atoms with Crippen molar-refractivity contribution < 1.29 is 9.47 Å².